The average Bonchev–Trinajstić information content (AvgIpc) is 2.78. The van der Waals surface area contributed by atoms with E-state index in [0.717, 1.165) is 17.1 Å². The number of rotatable bonds is 4. The maximum atomic E-state index is 6.09. The van der Waals surface area contributed by atoms with Gasteiger partial charge in [0.1, 0.15) is 18.1 Å². The summed E-state index contributed by atoms with van der Waals surface area (Å²) < 4.78 is 10.6. The lowest BCUT2D eigenvalue weighted by molar-refractivity contribution is 0.162. The maximum absolute atomic E-state index is 6.09. The molecule has 0 aliphatic heterocycles. The van der Waals surface area contributed by atoms with Crippen molar-refractivity contribution in [3.05, 3.63) is 59.5 Å². The summed E-state index contributed by atoms with van der Waals surface area (Å²) in [5, 5.41) is 0. The van der Waals surface area contributed by atoms with Crippen LogP contribution in [0.3, 0.4) is 0 Å². The highest BCUT2D eigenvalue weighted by molar-refractivity contribution is 5.26. The van der Waals surface area contributed by atoms with Crippen LogP contribution >= 0.6 is 0 Å². The van der Waals surface area contributed by atoms with Crippen molar-refractivity contribution in [3.63, 3.8) is 0 Å². The molecule has 0 spiro atoms. The highest BCUT2D eigenvalue weighted by atomic mass is 16.5. The summed E-state index contributed by atoms with van der Waals surface area (Å²) in [6.07, 6.45) is 0. The van der Waals surface area contributed by atoms with Crippen LogP contribution in [0.25, 0.3) is 0 Å². The van der Waals surface area contributed by atoms with Crippen molar-refractivity contribution in [3.8, 4) is 0 Å². The Hall–Kier alpha value is -1.58. The highest BCUT2D eigenvalue weighted by Gasteiger charge is 2.12. The number of ether oxygens (including phenoxy) is 1. The van der Waals surface area contributed by atoms with Crippen LogP contribution in [-0.4, -0.2) is 7.11 Å². The van der Waals surface area contributed by atoms with E-state index in [9.17, 15) is 0 Å². The summed E-state index contributed by atoms with van der Waals surface area (Å²) in [5.74, 6) is 1.56. The van der Waals surface area contributed by atoms with Gasteiger partial charge in [0.2, 0.25) is 0 Å². The zero-order valence-corrected chi connectivity index (χ0v) is 9.22. The second kappa shape index (κ2) is 4.96. The molecule has 0 aliphatic carbocycles. The highest BCUT2D eigenvalue weighted by Crippen LogP contribution is 2.21. The summed E-state index contributed by atoms with van der Waals surface area (Å²) >= 11 is 0. The Bertz CT molecular complexity index is 436. The molecule has 1 aromatic heterocycles. The van der Waals surface area contributed by atoms with Crippen LogP contribution in [0.15, 0.2) is 46.9 Å². The van der Waals surface area contributed by atoms with Gasteiger partial charge in [-0.15, -0.1) is 0 Å². The third-order valence-electron chi connectivity index (χ3n) is 2.43. The normalized spacial score (nSPS) is 12.6. The number of nitrogens with two attached hydrogens (primary N) is 1. The Kier molecular flexibility index (Phi) is 3.39. The maximum Gasteiger partial charge on any atom is 0.129 e. The van der Waals surface area contributed by atoms with Gasteiger partial charge in [0, 0.05) is 7.11 Å². The van der Waals surface area contributed by atoms with E-state index >= 15 is 0 Å². The zero-order valence-electron chi connectivity index (χ0n) is 9.22. The van der Waals surface area contributed by atoms with Crippen LogP contribution in [0.4, 0.5) is 0 Å². The largest absolute Gasteiger partial charge is 0.462 e. The first-order valence-electron chi connectivity index (χ1n) is 5.19. The fourth-order valence-electron chi connectivity index (χ4n) is 1.61. The Morgan fingerprint density at radius 2 is 1.94 bits per heavy atom. The summed E-state index contributed by atoms with van der Waals surface area (Å²) in [4.78, 5) is 0. The first kappa shape index (κ1) is 10.9. The molecule has 0 saturated carbocycles. The third-order valence-corrected chi connectivity index (χ3v) is 2.43. The minimum atomic E-state index is -0.216. The Morgan fingerprint density at radius 3 is 2.62 bits per heavy atom. The van der Waals surface area contributed by atoms with Crippen molar-refractivity contribution in [2.75, 3.05) is 7.11 Å². The van der Waals surface area contributed by atoms with Crippen LogP contribution in [0.1, 0.15) is 23.1 Å². The van der Waals surface area contributed by atoms with Gasteiger partial charge in [-0.1, -0.05) is 30.3 Å². The van der Waals surface area contributed by atoms with Gasteiger partial charge in [-0.25, -0.2) is 0 Å². The molecule has 0 aliphatic rings. The molecule has 0 radical (unpaired) electrons. The number of methoxy groups -OCH3 is 1. The average molecular weight is 217 g/mol. The molecule has 2 rings (SSSR count). The van der Waals surface area contributed by atoms with Gasteiger partial charge in [-0.3, -0.25) is 0 Å². The monoisotopic (exact) mass is 217 g/mol. The van der Waals surface area contributed by atoms with Gasteiger partial charge < -0.3 is 14.9 Å². The number of benzene rings is 1. The molecular weight excluding hydrogens is 202 g/mol. The van der Waals surface area contributed by atoms with E-state index in [0.29, 0.717) is 6.61 Å². The number of hydrogen-bond acceptors (Lipinski definition) is 3. The van der Waals surface area contributed by atoms with Crippen molar-refractivity contribution in [1.82, 2.24) is 0 Å². The van der Waals surface area contributed by atoms with Crippen LogP contribution in [0.2, 0.25) is 0 Å². The van der Waals surface area contributed by atoms with Crippen molar-refractivity contribution in [2.45, 2.75) is 12.6 Å². The molecule has 84 valence electrons. The second-order valence-electron chi connectivity index (χ2n) is 3.63. The SMILES string of the molecule is COCc1ccc(C(N)c2ccccc2)o1. The van der Waals surface area contributed by atoms with Gasteiger partial charge in [-0.05, 0) is 17.7 Å². The molecule has 0 saturated heterocycles. The molecule has 3 nitrogen and oxygen atoms in total. The van der Waals surface area contributed by atoms with Gasteiger partial charge >= 0.3 is 0 Å². The van der Waals surface area contributed by atoms with Crippen molar-refractivity contribution >= 4 is 0 Å². The first-order chi connectivity index (χ1) is 7.81. The van der Waals surface area contributed by atoms with Gasteiger partial charge in [0.25, 0.3) is 0 Å². The van der Waals surface area contributed by atoms with E-state index in [2.05, 4.69) is 0 Å². The van der Waals surface area contributed by atoms with Gasteiger partial charge in [0.05, 0.1) is 6.04 Å². The van der Waals surface area contributed by atoms with Crippen LogP contribution in [-0.2, 0) is 11.3 Å². The van der Waals surface area contributed by atoms with Crippen LogP contribution in [0, 0.1) is 0 Å². The molecule has 1 heterocycles. The van der Waals surface area contributed by atoms with Crippen LogP contribution < -0.4 is 5.73 Å². The lowest BCUT2D eigenvalue weighted by atomic mass is 10.1. The third kappa shape index (κ3) is 2.32. The Morgan fingerprint density at radius 1 is 1.19 bits per heavy atom. The Labute approximate surface area is 94.8 Å². The fraction of sp³-hybridized carbons (Fsp3) is 0.231. The summed E-state index contributed by atoms with van der Waals surface area (Å²) in [6, 6.07) is 13.4. The predicted octanol–water partition coefficient (Wildman–Crippen LogP) is 2.47. The minimum absolute atomic E-state index is 0.216. The lowest BCUT2D eigenvalue weighted by Crippen LogP contribution is -2.10. The van der Waals surface area contributed by atoms with Gasteiger partial charge in [-0.2, -0.15) is 0 Å². The van der Waals surface area contributed by atoms with E-state index in [1.165, 1.54) is 0 Å². The minimum Gasteiger partial charge on any atom is -0.462 e. The number of hydrogen-bond donors (Lipinski definition) is 1. The van der Waals surface area contributed by atoms with E-state index in [1.807, 2.05) is 42.5 Å². The molecule has 0 bridgehead atoms. The Balaban J connectivity index is 2.17. The second-order valence-corrected chi connectivity index (χ2v) is 3.63. The molecule has 3 heteroatoms. The number of furan rings is 1. The summed E-state index contributed by atoms with van der Waals surface area (Å²) in [5.41, 5.74) is 7.13. The van der Waals surface area contributed by atoms with E-state index in [1.54, 1.807) is 7.11 Å². The first-order valence-corrected chi connectivity index (χ1v) is 5.19. The summed E-state index contributed by atoms with van der Waals surface area (Å²) in [7, 11) is 1.64. The predicted molar refractivity (Wildman–Crippen MR) is 61.9 cm³/mol. The molecule has 2 N–H and O–H groups in total. The zero-order chi connectivity index (χ0) is 11.4. The topological polar surface area (TPSA) is 48.4 Å². The van der Waals surface area contributed by atoms with Crippen molar-refractivity contribution in [1.29, 1.82) is 0 Å². The molecule has 1 atom stereocenters. The standard InChI is InChI=1S/C13H15NO2/c1-15-9-11-7-8-12(16-11)13(14)10-5-3-2-4-6-10/h2-8,13H,9,14H2,1H3. The molecular formula is C13H15NO2. The van der Waals surface area contributed by atoms with Crippen LogP contribution in [0.5, 0.6) is 0 Å². The van der Waals surface area contributed by atoms with Gasteiger partial charge in [0.15, 0.2) is 0 Å². The van der Waals surface area contributed by atoms with Crippen molar-refractivity contribution in [2.24, 2.45) is 5.73 Å². The van der Waals surface area contributed by atoms with E-state index in [4.69, 9.17) is 14.9 Å². The molecule has 1 aromatic carbocycles. The smallest absolute Gasteiger partial charge is 0.129 e. The van der Waals surface area contributed by atoms with Crippen molar-refractivity contribution < 1.29 is 9.15 Å². The molecule has 16 heavy (non-hydrogen) atoms. The fourth-order valence-corrected chi connectivity index (χ4v) is 1.61. The lowest BCUT2D eigenvalue weighted by Gasteiger charge is -2.08. The molecule has 2 aromatic rings. The van der Waals surface area contributed by atoms with E-state index < -0.39 is 0 Å². The molecule has 0 amide bonds. The van der Waals surface area contributed by atoms with E-state index in [-0.39, 0.29) is 6.04 Å². The quantitative estimate of drug-likeness (QED) is 0.855. The molecule has 0 fully saturated rings. The summed E-state index contributed by atoms with van der Waals surface area (Å²) in [6.45, 7) is 0.474. The molecule has 1 unspecified atom stereocenters.